The molecule has 2 aromatic rings. The number of carbonyl (C=O) groups is 2. The maximum Gasteiger partial charge on any atom is 0.256 e. The van der Waals surface area contributed by atoms with E-state index >= 15 is 0 Å². The Balaban J connectivity index is 1.57. The van der Waals surface area contributed by atoms with E-state index in [1.54, 1.807) is 4.90 Å². The number of carbonyl (C=O) groups excluding carboxylic acids is 2. The van der Waals surface area contributed by atoms with Gasteiger partial charge in [-0.05, 0) is 48.1 Å². The second-order valence-corrected chi connectivity index (χ2v) is 7.24. The average Bonchev–Trinajstić information content (AvgIpc) is 3.39. The van der Waals surface area contributed by atoms with E-state index in [1.165, 1.54) is 23.8 Å². The molecule has 0 saturated heterocycles. The highest BCUT2D eigenvalue weighted by Gasteiger charge is 2.39. The maximum absolute atomic E-state index is 13.8. The minimum atomic E-state index is -0.483. The fourth-order valence-electron chi connectivity index (χ4n) is 3.55. The first-order valence-corrected chi connectivity index (χ1v) is 8.99. The molecule has 2 amide bonds. The van der Waals surface area contributed by atoms with Crippen molar-refractivity contribution in [1.82, 2.24) is 4.90 Å². The fraction of sp³-hybridized carbons (Fsp3) is 0.333. The van der Waals surface area contributed by atoms with Gasteiger partial charge in [-0.1, -0.05) is 31.2 Å². The van der Waals surface area contributed by atoms with Crippen molar-refractivity contribution in [1.29, 1.82) is 0 Å². The van der Waals surface area contributed by atoms with E-state index in [9.17, 15) is 14.0 Å². The Morgan fingerprint density at radius 3 is 2.62 bits per heavy atom. The highest BCUT2D eigenvalue weighted by molar-refractivity contribution is 6.04. The predicted molar refractivity (Wildman–Crippen MR) is 97.2 cm³/mol. The quantitative estimate of drug-likeness (QED) is 0.917. The lowest BCUT2D eigenvalue weighted by Gasteiger charge is -2.29. The lowest BCUT2D eigenvalue weighted by atomic mass is 9.99. The standard InChI is InChI=1S/C21H21FN2O2/c1-13-10-17(13)20(25)23-19-7-6-16(22)11-18(19)21(26)24-9-8-14-4-2-3-5-15(14)12-24/h2-7,11,13,17H,8-10,12H2,1H3,(H,23,25)/t13-,17-/m1/s1. The SMILES string of the molecule is C[C@@H]1C[C@H]1C(=O)Nc1ccc(F)cc1C(=O)N1CCc2ccccc2C1. The van der Waals surface area contributed by atoms with Gasteiger partial charge in [-0.25, -0.2) is 4.39 Å². The van der Waals surface area contributed by atoms with Crippen molar-refractivity contribution >= 4 is 17.5 Å². The Hall–Kier alpha value is -2.69. The van der Waals surface area contributed by atoms with Gasteiger partial charge < -0.3 is 10.2 Å². The molecular formula is C21H21FN2O2. The summed E-state index contributed by atoms with van der Waals surface area (Å²) in [5.41, 5.74) is 2.96. The van der Waals surface area contributed by atoms with Gasteiger partial charge >= 0.3 is 0 Å². The van der Waals surface area contributed by atoms with Crippen molar-refractivity contribution in [2.24, 2.45) is 11.8 Å². The van der Waals surface area contributed by atoms with E-state index in [2.05, 4.69) is 11.4 Å². The van der Waals surface area contributed by atoms with E-state index in [-0.39, 0.29) is 23.3 Å². The normalized spacial score (nSPS) is 21.1. The van der Waals surface area contributed by atoms with Crippen LogP contribution in [-0.2, 0) is 17.8 Å². The second-order valence-electron chi connectivity index (χ2n) is 7.24. The summed E-state index contributed by atoms with van der Waals surface area (Å²) < 4.78 is 13.8. The van der Waals surface area contributed by atoms with Crippen LogP contribution in [0.15, 0.2) is 42.5 Å². The van der Waals surface area contributed by atoms with Crippen molar-refractivity contribution < 1.29 is 14.0 Å². The molecule has 0 aromatic heterocycles. The molecule has 2 atom stereocenters. The molecule has 1 aliphatic carbocycles. The van der Waals surface area contributed by atoms with E-state index in [0.29, 0.717) is 24.7 Å². The monoisotopic (exact) mass is 352 g/mol. The van der Waals surface area contributed by atoms with Gasteiger partial charge in [-0.3, -0.25) is 9.59 Å². The lowest BCUT2D eigenvalue weighted by molar-refractivity contribution is -0.117. The van der Waals surface area contributed by atoms with Crippen molar-refractivity contribution in [3.8, 4) is 0 Å². The van der Waals surface area contributed by atoms with Gasteiger partial charge in [0.25, 0.3) is 5.91 Å². The van der Waals surface area contributed by atoms with Crippen LogP contribution < -0.4 is 5.32 Å². The molecule has 0 radical (unpaired) electrons. The molecule has 5 heteroatoms. The Kier molecular flexibility index (Phi) is 4.23. The van der Waals surface area contributed by atoms with Crippen LogP contribution in [0.25, 0.3) is 0 Å². The highest BCUT2D eigenvalue weighted by atomic mass is 19.1. The van der Waals surface area contributed by atoms with Crippen molar-refractivity contribution in [3.63, 3.8) is 0 Å². The summed E-state index contributed by atoms with van der Waals surface area (Å²) in [7, 11) is 0. The summed E-state index contributed by atoms with van der Waals surface area (Å²) in [5, 5.41) is 2.82. The molecular weight excluding hydrogens is 331 g/mol. The summed E-state index contributed by atoms with van der Waals surface area (Å²) in [6.07, 6.45) is 1.64. The van der Waals surface area contributed by atoms with Gasteiger partial charge in [-0.2, -0.15) is 0 Å². The molecule has 4 rings (SSSR count). The zero-order chi connectivity index (χ0) is 18.3. The summed E-state index contributed by atoms with van der Waals surface area (Å²) in [5.74, 6) is -0.470. The predicted octanol–water partition coefficient (Wildman–Crippen LogP) is 3.62. The average molecular weight is 352 g/mol. The first-order chi connectivity index (χ1) is 12.5. The van der Waals surface area contributed by atoms with Crippen LogP contribution in [-0.4, -0.2) is 23.3 Å². The Labute approximate surface area is 152 Å². The van der Waals surface area contributed by atoms with E-state index in [1.807, 2.05) is 25.1 Å². The fourth-order valence-corrected chi connectivity index (χ4v) is 3.55. The number of nitrogens with zero attached hydrogens (tertiary/aromatic N) is 1. The van der Waals surface area contributed by atoms with Crippen LogP contribution in [0.2, 0.25) is 0 Å². The third-order valence-electron chi connectivity index (χ3n) is 5.33. The third-order valence-corrected chi connectivity index (χ3v) is 5.33. The molecule has 4 nitrogen and oxygen atoms in total. The lowest BCUT2D eigenvalue weighted by Crippen LogP contribution is -2.36. The molecule has 1 N–H and O–H groups in total. The number of amides is 2. The van der Waals surface area contributed by atoms with Gasteiger partial charge in [0.2, 0.25) is 5.91 Å². The molecule has 2 aromatic carbocycles. The first-order valence-electron chi connectivity index (χ1n) is 8.99. The zero-order valence-electron chi connectivity index (χ0n) is 14.7. The molecule has 134 valence electrons. The van der Waals surface area contributed by atoms with Crippen LogP contribution in [0.1, 0.15) is 34.8 Å². The molecule has 26 heavy (non-hydrogen) atoms. The van der Waals surface area contributed by atoms with Crippen molar-refractivity contribution in [3.05, 3.63) is 65.0 Å². The second kappa shape index (κ2) is 6.56. The van der Waals surface area contributed by atoms with Crippen LogP contribution in [0.3, 0.4) is 0 Å². The van der Waals surface area contributed by atoms with Crippen LogP contribution in [0.4, 0.5) is 10.1 Å². The van der Waals surface area contributed by atoms with Crippen molar-refractivity contribution in [2.75, 3.05) is 11.9 Å². The first kappa shape index (κ1) is 16.8. The number of halogens is 1. The van der Waals surface area contributed by atoms with Gasteiger partial charge in [-0.15, -0.1) is 0 Å². The number of rotatable bonds is 3. The number of hydrogen-bond donors (Lipinski definition) is 1. The minimum Gasteiger partial charge on any atom is -0.334 e. The van der Waals surface area contributed by atoms with Gasteiger partial charge in [0.1, 0.15) is 5.82 Å². The topological polar surface area (TPSA) is 49.4 Å². The highest BCUT2D eigenvalue weighted by Crippen LogP contribution is 2.38. The molecule has 1 aliphatic heterocycles. The molecule has 0 bridgehead atoms. The van der Waals surface area contributed by atoms with Gasteiger partial charge in [0.05, 0.1) is 11.3 Å². The van der Waals surface area contributed by atoms with Crippen LogP contribution in [0.5, 0.6) is 0 Å². The van der Waals surface area contributed by atoms with Gasteiger partial charge in [0, 0.05) is 19.0 Å². The maximum atomic E-state index is 13.8. The summed E-state index contributed by atoms with van der Waals surface area (Å²) in [6.45, 7) is 3.10. The molecule has 0 spiro atoms. The number of nitrogens with one attached hydrogen (secondary N) is 1. The third kappa shape index (κ3) is 3.21. The summed E-state index contributed by atoms with van der Waals surface area (Å²) >= 11 is 0. The van der Waals surface area contributed by atoms with Gasteiger partial charge in [0.15, 0.2) is 0 Å². The number of benzene rings is 2. The molecule has 1 fully saturated rings. The molecule has 2 aliphatic rings. The Morgan fingerprint density at radius 2 is 1.88 bits per heavy atom. The van der Waals surface area contributed by atoms with Crippen LogP contribution >= 0.6 is 0 Å². The van der Waals surface area contributed by atoms with E-state index < -0.39 is 5.82 Å². The smallest absolute Gasteiger partial charge is 0.256 e. The van der Waals surface area contributed by atoms with E-state index in [0.717, 1.165) is 18.4 Å². The number of fused-ring (bicyclic) bond motifs is 1. The summed E-state index contributed by atoms with van der Waals surface area (Å²) in [6, 6.07) is 12.0. The summed E-state index contributed by atoms with van der Waals surface area (Å²) in [4.78, 5) is 27.0. The minimum absolute atomic E-state index is 0.00938. The number of hydrogen-bond acceptors (Lipinski definition) is 2. The molecule has 1 heterocycles. The largest absolute Gasteiger partial charge is 0.334 e. The number of anilines is 1. The Morgan fingerprint density at radius 1 is 1.15 bits per heavy atom. The Bertz CT molecular complexity index is 880. The van der Waals surface area contributed by atoms with Crippen LogP contribution in [0, 0.1) is 17.7 Å². The molecule has 1 saturated carbocycles. The van der Waals surface area contributed by atoms with E-state index in [4.69, 9.17) is 0 Å². The molecule has 0 unspecified atom stereocenters. The zero-order valence-corrected chi connectivity index (χ0v) is 14.7. The van der Waals surface area contributed by atoms with Crippen molar-refractivity contribution in [2.45, 2.75) is 26.3 Å².